The Hall–Kier alpha value is -2.08. The summed E-state index contributed by atoms with van der Waals surface area (Å²) in [6.45, 7) is 7.01. The average molecular weight is 331 g/mol. The Balaban J connectivity index is 1.63. The number of nitrogens with zero attached hydrogens (tertiary/aromatic N) is 3. The molecule has 0 unspecified atom stereocenters. The van der Waals surface area contributed by atoms with Gasteiger partial charge < -0.3 is 14.5 Å². The first-order valence-electron chi connectivity index (χ1n) is 7.71. The molecule has 0 atom stereocenters. The van der Waals surface area contributed by atoms with E-state index in [1.54, 1.807) is 7.11 Å². The van der Waals surface area contributed by atoms with E-state index in [1.807, 2.05) is 30.9 Å². The van der Waals surface area contributed by atoms with Crippen LogP contribution in [0.15, 0.2) is 24.3 Å². The number of benzene rings is 1. The van der Waals surface area contributed by atoms with Crippen LogP contribution in [0.3, 0.4) is 0 Å². The number of methoxy groups -OCH3 is 1. The second-order valence-corrected chi connectivity index (χ2v) is 6.83. The van der Waals surface area contributed by atoms with Crippen LogP contribution in [-0.2, 0) is 0 Å². The standard InChI is InChI=1S/C17H21N3O2S/c1-12-16(23-13(2)18-12)17(21)20-10-8-19(9-11-20)14-4-6-15(22-3)7-5-14/h4-7H,8-11H2,1-3H3. The van der Waals surface area contributed by atoms with Crippen molar-refractivity contribution in [1.82, 2.24) is 9.88 Å². The number of rotatable bonds is 3. The van der Waals surface area contributed by atoms with Gasteiger partial charge >= 0.3 is 0 Å². The van der Waals surface area contributed by atoms with E-state index in [9.17, 15) is 4.79 Å². The quantitative estimate of drug-likeness (QED) is 0.867. The Kier molecular flexibility index (Phi) is 4.52. The molecule has 5 nitrogen and oxygen atoms in total. The number of carbonyl (C=O) groups is 1. The SMILES string of the molecule is COc1ccc(N2CCN(C(=O)c3sc(C)nc3C)CC2)cc1. The van der Waals surface area contributed by atoms with Crippen LogP contribution in [0.25, 0.3) is 0 Å². The first-order chi connectivity index (χ1) is 11.1. The molecule has 0 radical (unpaired) electrons. The Morgan fingerprint density at radius 1 is 1.13 bits per heavy atom. The number of carbonyl (C=O) groups excluding carboxylic acids is 1. The summed E-state index contributed by atoms with van der Waals surface area (Å²) in [5.74, 6) is 0.973. The molecule has 3 rings (SSSR count). The molecular formula is C17H21N3O2S. The maximum Gasteiger partial charge on any atom is 0.265 e. The van der Waals surface area contributed by atoms with Crippen LogP contribution in [0.1, 0.15) is 20.4 Å². The number of anilines is 1. The van der Waals surface area contributed by atoms with E-state index in [4.69, 9.17) is 4.74 Å². The number of aromatic nitrogens is 1. The number of amides is 1. The van der Waals surface area contributed by atoms with E-state index in [1.165, 1.54) is 17.0 Å². The minimum absolute atomic E-state index is 0.113. The van der Waals surface area contributed by atoms with E-state index in [2.05, 4.69) is 22.0 Å². The highest BCUT2D eigenvalue weighted by Gasteiger charge is 2.25. The van der Waals surface area contributed by atoms with Crippen molar-refractivity contribution in [2.24, 2.45) is 0 Å². The molecule has 1 aromatic heterocycles. The number of ether oxygens (including phenoxy) is 1. The van der Waals surface area contributed by atoms with Crippen molar-refractivity contribution in [3.63, 3.8) is 0 Å². The molecule has 0 aliphatic carbocycles. The van der Waals surface area contributed by atoms with Gasteiger partial charge in [-0.1, -0.05) is 0 Å². The summed E-state index contributed by atoms with van der Waals surface area (Å²) in [6, 6.07) is 8.06. The van der Waals surface area contributed by atoms with E-state index >= 15 is 0 Å². The Labute approximate surface area is 140 Å². The average Bonchev–Trinajstić information content (AvgIpc) is 2.93. The van der Waals surface area contributed by atoms with Crippen molar-refractivity contribution in [3.05, 3.63) is 39.8 Å². The van der Waals surface area contributed by atoms with Crippen molar-refractivity contribution < 1.29 is 9.53 Å². The summed E-state index contributed by atoms with van der Waals surface area (Å²) in [7, 11) is 1.67. The summed E-state index contributed by atoms with van der Waals surface area (Å²) in [5, 5.41) is 0.947. The van der Waals surface area contributed by atoms with Gasteiger partial charge in [-0.25, -0.2) is 4.98 Å². The first-order valence-corrected chi connectivity index (χ1v) is 8.52. The van der Waals surface area contributed by atoms with Crippen molar-refractivity contribution in [2.75, 3.05) is 38.2 Å². The van der Waals surface area contributed by atoms with Gasteiger partial charge in [0.15, 0.2) is 0 Å². The maximum atomic E-state index is 12.6. The molecule has 0 N–H and O–H groups in total. The third-order valence-electron chi connectivity index (χ3n) is 4.10. The fourth-order valence-corrected chi connectivity index (χ4v) is 3.72. The largest absolute Gasteiger partial charge is 0.497 e. The van der Waals surface area contributed by atoms with Gasteiger partial charge in [0.1, 0.15) is 10.6 Å². The molecule has 1 aliphatic heterocycles. The third kappa shape index (κ3) is 3.32. The second-order valence-electron chi connectivity index (χ2n) is 5.62. The van der Waals surface area contributed by atoms with Gasteiger partial charge in [0.25, 0.3) is 5.91 Å². The maximum absolute atomic E-state index is 12.6. The van der Waals surface area contributed by atoms with Crippen LogP contribution in [0.2, 0.25) is 0 Å². The molecule has 1 fully saturated rings. The van der Waals surface area contributed by atoms with Gasteiger partial charge in [-0.05, 0) is 38.1 Å². The number of hydrogen-bond donors (Lipinski definition) is 0. The van der Waals surface area contributed by atoms with Crippen molar-refractivity contribution in [2.45, 2.75) is 13.8 Å². The second kappa shape index (κ2) is 6.58. The lowest BCUT2D eigenvalue weighted by molar-refractivity contribution is 0.0750. The Morgan fingerprint density at radius 2 is 1.78 bits per heavy atom. The molecule has 0 bridgehead atoms. The van der Waals surface area contributed by atoms with Crippen molar-refractivity contribution in [1.29, 1.82) is 0 Å². The zero-order valence-corrected chi connectivity index (χ0v) is 14.5. The number of thiazole rings is 1. The van der Waals surface area contributed by atoms with Crippen LogP contribution in [0, 0.1) is 13.8 Å². The molecule has 0 saturated carbocycles. The van der Waals surface area contributed by atoms with Crippen LogP contribution in [0.5, 0.6) is 5.75 Å². The first kappa shape index (κ1) is 15.8. The summed E-state index contributed by atoms with van der Waals surface area (Å²) in [5.41, 5.74) is 2.01. The molecule has 122 valence electrons. The van der Waals surface area contributed by atoms with Crippen LogP contribution >= 0.6 is 11.3 Å². The van der Waals surface area contributed by atoms with Crippen molar-refractivity contribution >= 4 is 22.9 Å². The zero-order chi connectivity index (χ0) is 16.4. The highest BCUT2D eigenvalue weighted by atomic mass is 32.1. The fraction of sp³-hybridized carbons (Fsp3) is 0.412. The Morgan fingerprint density at radius 3 is 2.30 bits per heavy atom. The lowest BCUT2D eigenvalue weighted by Crippen LogP contribution is -2.48. The summed E-state index contributed by atoms with van der Waals surface area (Å²) >= 11 is 1.49. The minimum atomic E-state index is 0.113. The van der Waals surface area contributed by atoms with E-state index < -0.39 is 0 Å². The Bertz CT molecular complexity index is 688. The van der Waals surface area contributed by atoms with Gasteiger partial charge in [-0.2, -0.15) is 0 Å². The van der Waals surface area contributed by atoms with Gasteiger partial charge in [0, 0.05) is 31.9 Å². The summed E-state index contributed by atoms with van der Waals surface area (Å²) in [6.07, 6.45) is 0. The zero-order valence-electron chi connectivity index (χ0n) is 13.7. The van der Waals surface area contributed by atoms with Crippen LogP contribution in [0.4, 0.5) is 5.69 Å². The smallest absolute Gasteiger partial charge is 0.265 e. The fourth-order valence-electron chi connectivity index (χ4n) is 2.83. The van der Waals surface area contributed by atoms with Gasteiger partial charge in [0.05, 0.1) is 17.8 Å². The molecule has 0 spiro atoms. The lowest BCUT2D eigenvalue weighted by Gasteiger charge is -2.36. The third-order valence-corrected chi connectivity index (χ3v) is 5.16. The van der Waals surface area contributed by atoms with Crippen molar-refractivity contribution in [3.8, 4) is 5.75 Å². The number of hydrogen-bond acceptors (Lipinski definition) is 5. The molecule has 2 aromatic rings. The molecule has 1 amide bonds. The van der Waals surface area contributed by atoms with E-state index in [0.29, 0.717) is 0 Å². The molecule has 2 heterocycles. The number of aryl methyl sites for hydroxylation is 2. The normalized spacial score (nSPS) is 14.9. The van der Waals surface area contributed by atoms with E-state index in [-0.39, 0.29) is 5.91 Å². The van der Waals surface area contributed by atoms with Gasteiger partial charge in [-0.15, -0.1) is 11.3 Å². The van der Waals surface area contributed by atoms with E-state index in [0.717, 1.165) is 47.5 Å². The number of piperazine rings is 1. The molecular weight excluding hydrogens is 310 g/mol. The monoisotopic (exact) mass is 331 g/mol. The van der Waals surface area contributed by atoms with Crippen LogP contribution in [-0.4, -0.2) is 49.1 Å². The summed E-state index contributed by atoms with van der Waals surface area (Å²) < 4.78 is 5.19. The summed E-state index contributed by atoms with van der Waals surface area (Å²) in [4.78, 5) is 22.0. The molecule has 1 aliphatic rings. The predicted octanol–water partition coefficient (Wildman–Crippen LogP) is 2.73. The lowest BCUT2D eigenvalue weighted by atomic mass is 10.2. The molecule has 23 heavy (non-hydrogen) atoms. The predicted molar refractivity (Wildman–Crippen MR) is 92.7 cm³/mol. The molecule has 1 saturated heterocycles. The minimum Gasteiger partial charge on any atom is -0.497 e. The molecule has 6 heteroatoms. The van der Waals surface area contributed by atoms with Crippen LogP contribution < -0.4 is 9.64 Å². The highest BCUT2D eigenvalue weighted by molar-refractivity contribution is 7.13. The topological polar surface area (TPSA) is 45.7 Å². The molecule has 1 aromatic carbocycles. The van der Waals surface area contributed by atoms with Gasteiger partial charge in [0.2, 0.25) is 0 Å². The highest BCUT2D eigenvalue weighted by Crippen LogP contribution is 2.23. The van der Waals surface area contributed by atoms with Gasteiger partial charge in [-0.3, -0.25) is 4.79 Å².